The predicted molar refractivity (Wildman–Crippen MR) is 115 cm³/mol. The van der Waals surface area contributed by atoms with E-state index < -0.39 is 10.0 Å². The van der Waals surface area contributed by atoms with Crippen LogP contribution in [0.3, 0.4) is 0 Å². The molecule has 1 N–H and O–H groups in total. The molecule has 2 aliphatic heterocycles. The maximum Gasteiger partial charge on any atom is 0.256 e. The Balaban J connectivity index is 1.50. The molecule has 4 rings (SSSR count). The van der Waals surface area contributed by atoms with Gasteiger partial charge in [-0.2, -0.15) is 4.31 Å². The topological polar surface area (TPSA) is 66.5 Å². The third-order valence-corrected chi connectivity index (χ3v) is 7.71. The minimum atomic E-state index is -3.57. The van der Waals surface area contributed by atoms with E-state index in [1.807, 2.05) is 32.0 Å². The highest BCUT2D eigenvalue weighted by Gasteiger charge is 2.32. The van der Waals surface area contributed by atoms with Crippen molar-refractivity contribution in [1.29, 1.82) is 0 Å². The standard InChI is InChI=1S/C23H26N2O3S/c1-16(2)22-20-15-19(8-9-21(20)24-23(22)26)29(27,28)25-12-10-18(11-13-25)14-17-6-4-3-5-7-17/h3-9,15,18H,10-14H2,1-2H3,(H,24,26). The molecule has 0 aliphatic carbocycles. The van der Waals surface area contributed by atoms with Crippen molar-refractivity contribution < 1.29 is 13.2 Å². The number of nitrogens with one attached hydrogen (secondary N) is 1. The number of benzene rings is 2. The summed E-state index contributed by atoms with van der Waals surface area (Å²) in [5.74, 6) is 0.333. The van der Waals surface area contributed by atoms with Gasteiger partial charge < -0.3 is 5.32 Å². The number of carbonyl (C=O) groups excluding carboxylic acids is 1. The highest BCUT2D eigenvalue weighted by Crippen LogP contribution is 2.36. The van der Waals surface area contributed by atoms with Gasteiger partial charge in [0.1, 0.15) is 0 Å². The van der Waals surface area contributed by atoms with Gasteiger partial charge in [0.05, 0.1) is 4.90 Å². The van der Waals surface area contributed by atoms with Gasteiger partial charge in [-0.3, -0.25) is 4.79 Å². The molecule has 2 aliphatic rings. The molecule has 0 unspecified atom stereocenters. The third-order valence-electron chi connectivity index (χ3n) is 5.81. The predicted octanol–water partition coefficient (Wildman–Crippen LogP) is 4.08. The van der Waals surface area contributed by atoms with Gasteiger partial charge in [-0.15, -0.1) is 0 Å². The Labute approximate surface area is 172 Å². The second-order valence-corrected chi connectivity index (χ2v) is 10.0. The number of hydrogen-bond acceptors (Lipinski definition) is 3. The van der Waals surface area contributed by atoms with Crippen LogP contribution < -0.4 is 5.32 Å². The van der Waals surface area contributed by atoms with Crippen LogP contribution in [0.2, 0.25) is 0 Å². The van der Waals surface area contributed by atoms with Gasteiger partial charge in [-0.05, 0) is 62.8 Å². The fourth-order valence-corrected chi connectivity index (χ4v) is 5.75. The summed E-state index contributed by atoms with van der Waals surface area (Å²) < 4.78 is 28.0. The highest BCUT2D eigenvalue weighted by atomic mass is 32.2. The molecule has 0 bridgehead atoms. The maximum atomic E-state index is 13.2. The Kier molecular flexibility index (Phi) is 5.32. The Hall–Kier alpha value is -2.44. The monoisotopic (exact) mass is 410 g/mol. The number of fused-ring (bicyclic) bond motifs is 1. The van der Waals surface area contributed by atoms with Gasteiger partial charge in [0, 0.05) is 29.9 Å². The van der Waals surface area contributed by atoms with E-state index in [-0.39, 0.29) is 10.8 Å². The number of hydrogen-bond donors (Lipinski definition) is 1. The summed E-state index contributed by atoms with van der Waals surface area (Å²) in [7, 11) is -3.57. The quantitative estimate of drug-likeness (QED) is 0.773. The SMILES string of the molecule is CC(C)=C1C(=O)Nc2ccc(S(=O)(=O)N3CCC(Cc4ccccc4)CC3)cc21. The molecule has 1 fully saturated rings. The van der Waals surface area contributed by atoms with Gasteiger partial charge in [0.2, 0.25) is 10.0 Å². The van der Waals surface area contributed by atoms with Gasteiger partial charge in [0.25, 0.3) is 5.91 Å². The molecule has 2 heterocycles. The van der Waals surface area contributed by atoms with Crippen molar-refractivity contribution >= 4 is 27.2 Å². The van der Waals surface area contributed by atoms with E-state index in [1.165, 1.54) is 5.56 Å². The normalized spacial score (nSPS) is 17.9. The molecule has 0 aromatic heterocycles. The van der Waals surface area contributed by atoms with Crippen LogP contribution in [0.1, 0.15) is 37.8 Å². The minimum Gasteiger partial charge on any atom is -0.321 e. The first-order valence-electron chi connectivity index (χ1n) is 10.0. The molecule has 29 heavy (non-hydrogen) atoms. The van der Waals surface area contributed by atoms with Crippen LogP contribution in [0.5, 0.6) is 0 Å². The van der Waals surface area contributed by atoms with E-state index in [0.717, 1.165) is 24.8 Å². The Morgan fingerprint density at radius 3 is 2.41 bits per heavy atom. The van der Waals surface area contributed by atoms with E-state index in [4.69, 9.17) is 0 Å². The lowest BCUT2D eigenvalue weighted by Gasteiger charge is -2.31. The van der Waals surface area contributed by atoms with Crippen molar-refractivity contribution in [2.75, 3.05) is 18.4 Å². The van der Waals surface area contributed by atoms with Gasteiger partial charge in [-0.25, -0.2) is 8.42 Å². The largest absolute Gasteiger partial charge is 0.321 e. The summed E-state index contributed by atoms with van der Waals surface area (Å²) in [6.07, 6.45) is 2.71. The lowest BCUT2D eigenvalue weighted by Crippen LogP contribution is -2.38. The van der Waals surface area contributed by atoms with Crippen LogP contribution in [0.15, 0.2) is 59.0 Å². The average Bonchev–Trinajstić information content (AvgIpc) is 3.04. The molecule has 0 atom stereocenters. The van der Waals surface area contributed by atoms with Crippen molar-refractivity contribution in [1.82, 2.24) is 4.31 Å². The molecule has 1 amide bonds. The number of piperidine rings is 1. The molecule has 2 aromatic carbocycles. The first-order chi connectivity index (χ1) is 13.9. The second-order valence-electron chi connectivity index (χ2n) is 8.07. The lowest BCUT2D eigenvalue weighted by molar-refractivity contribution is -0.110. The van der Waals surface area contributed by atoms with E-state index in [2.05, 4.69) is 17.4 Å². The molecular formula is C23H26N2O3S. The number of amides is 1. The zero-order valence-corrected chi connectivity index (χ0v) is 17.6. The van der Waals surface area contributed by atoms with Gasteiger partial charge in [-0.1, -0.05) is 35.9 Å². The molecule has 2 aromatic rings. The number of rotatable bonds is 4. The number of nitrogens with zero attached hydrogens (tertiary/aromatic N) is 1. The van der Waals surface area contributed by atoms with Crippen LogP contribution in [-0.2, 0) is 21.2 Å². The second kappa shape index (κ2) is 7.76. The van der Waals surface area contributed by atoms with Gasteiger partial charge in [0.15, 0.2) is 0 Å². The number of carbonyl (C=O) groups is 1. The third kappa shape index (κ3) is 3.87. The Bertz CT molecular complexity index is 1060. The average molecular weight is 411 g/mol. The Morgan fingerprint density at radius 1 is 1.07 bits per heavy atom. The number of sulfonamides is 1. The van der Waals surface area contributed by atoms with Crippen LogP contribution in [0.25, 0.3) is 5.57 Å². The van der Waals surface area contributed by atoms with Crippen molar-refractivity contribution in [2.24, 2.45) is 5.92 Å². The van der Waals surface area contributed by atoms with Crippen molar-refractivity contribution in [3.63, 3.8) is 0 Å². The van der Waals surface area contributed by atoms with Crippen molar-refractivity contribution in [3.8, 4) is 0 Å². The summed E-state index contributed by atoms with van der Waals surface area (Å²) in [6, 6.07) is 15.3. The molecule has 0 radical (unpaired) electrons. The summed E-state index contributed by atoms with van der Waals surface area (Å²) in [5.41, 5.74) is 4.09. The fraction of sp³-hybridized carbons (Fsp3) is 0.348. The van der Waals surface area contributed by atoms with Gasteiger partial charge >= 0.3 is 0 Å². The van der Waals surface area contributed by atoms with Crippen LogP contribution in [0.4, 0.5) is 5.69 Å². The fourth-order valence-electron chi connectivity index (χ4n) is 4.25. The maximum absolute atomic E-state index is 13.2. The zero-order chi connectivity index (χ0) is 20.6. The Morgan fingerprint density at radius 2 is 1.76 bits per heavy atom. The van der Waals surface area contributed by atoms with Crippen molar-refractivity contribution in [3.05, 3.63) is 65.2 Å². The van der Waals surface area contributed by atoms with Crippen LogP contribution in [-0.4, -0.2) is 31.7 Å². The molecular weight excluding hydrogens is 384 g/mol. The molecule has 0 saturated carbocycles. The summed E-state index contributed by atoms with van der Waals surface area (Å²) >= 11 is 0. The molecule has 0 spiro atoms. The molecule has 152 valence electrons. The highest BCUT2D eigenvalue weighted by molar-refractivity contribution is 7.89. The minimum absolute atomic E-state index is 0.170. The zero-order valence-electron chi connectivity index (χ0n) is 16.8. The molecule has 1 saturated heterocycles. The summed E-state index contributed by atoms with van der Waals surface area (Å²) in [6.45, 7) is 4.79. The molecule has 5 nitrogen and oxygen atoms in total. The first-order valence-corrected chi connectivity index (χ1v) is 11.5. The smallest absolute Gasteiger partial charge is 0.256 e. The van der Waals surface area contributed by atoms with E-state index in [0.29, 0.717) is 35.8 Å². The van der Waals surface area contributed by atoms with E-state index in [9.17, 15) is 13.2 Å². The molecule has 6 heteroatoms. The van der Waals surface area contributed by atoms with E-state index >= 15 is 0 Å². The first kappa shape index (κ1) is 19.9. The lowest BCUT2D eigenvalue weighted by atomic mass is 9.91. The number of anilines is 1. The van der Waals surface area contributed by atoms with Crippen LogP contribution >= 0.6 is 0 Å². The van der Waals surface area contributed by atoms with E-state index in [1.54, 1.807) is 22.5 Å². The number of allylic oxidation sites excluding steroid dienone is 1. The summed E-state index contributed by atoms with van der Waals surface area (Å²) in [5, 5.41) is 2.81. The van der Waals surface area contributed by atoms with Crippen molar-refractivity contribution in [2.45, 2.75) is 38.0 Å². The van der Waals surface area contributed by atoms with Crippen LogP contribution in [0, 0.1) is 5.92 Å². The summed E-state index contributed by atoms with van der Waals surface area (Å²) in [4.78, 5) is 12.5.